The first kappa shape index (κ1) is 15.7. The van der Waals surface area contributed by atoms with Crippen molar-refractivity contribution in [1.82, 2.24) is 5.32 Å². The minimum Gasteiger partial charge on any atom is -0.465 e. The molecule has 2 aromatic carbocycles. The van der Waals surface area contributed by atoms with E-state index in [2.05, 4.69) is 15.4 Å². The van der Waals surface area contributed by atoms with Crippen molar-refractivity contribution in [2.75, 3.05) is 12.4 Å². The first-order valence-corrected chi connectivity index (χ1v) is 6.87. The van der Waals surface area contributed by atoms with Crippen molar-refractivity contribution >= 4 is 34.9 Å². The van der Waals surface area contributed by atoms with Gasteiger partial charge in [0.25, 0.3) is 5.91 Å². The minimum absolute atomic E-state index is 0.180. The molecule has 0 atom stereocenters. The normalized spacial score (nSPS) is 9.68. The average Bonchev–Trinajstić information content (AvgIpc) is 2.55. The molecule has 0 saturated carbocycles. The van der Waals surface area contributed by atoms with Crippen LogP contribution in [0.1, 0.15) is 20.7 Å². The van der Waals surface area contributed by atoms with Gasteiger partial charge in [0.15, 0.2) is 5.11 Å². The summed E-state index contributed by atoms with van der Waals surface area (Å²) in [6, 6.07) is 15.5. The molecule has 5 nitrogen and oxygen atoms in total. The highest BCUT2D eigenvalue weighted by Crippen LogP contribution is 2.08. The highest BCUT2D eigenvalue weighted by Gasteiger charge is 2.11. The van der Waals surface area contributed by atoms with Crippen molar-refractivity contribution in [1.29, 1.82) is 0 Å². The number of amides is 1. The van der Waals surface area contributed by atoms with E-state index in [0.717, 1.165) is 5.69 Å². The second-order valence-electron chi connectivity index (χ2n) is 4.35. The van der Waals surface area contributed by atoms with Crippen LogP contribution in [0.25, 0.3) is 0 Å². The number of benzene rings is 2. The zero-order valence-corrected chi connectivity index (χ0v) is 12.6. The lowest BCUT2D eigenvalue weighted by Crippen LogP contribution is -2.34. The van der Waals surface area contributed by atoms with Crippen LogP contribution >= 0.6 is 12.2 Å². The van der Waals surface area contributed by atoms with Crippen LogP contribution in [0.15, 0.2) is 54.6 Å². The summed E-state index contributed by atoms with van der Waals surface area (Å²) in [6.07, 6.45) is 0. The van der Waals surface area contributed by atoms with Gasteiger partial charge in [-0.3, -0.25) is 10.1 Å². The van der Waals surface area contributed by atoms with E-state index in [1.165, 1.54) is 13.2 Å². The third kappa shape index (κ3) is 4.13. The third-order valence-corrected chi connectivity index (χ3v) is 3.01. The molecule has 0 fully saturated rings. The molecule has 0 heterocycles. The number of carbonyl (C=O) groups is 2. The van der Waals surface area contributed by atoms with E-state index >= 15 is 0 Å². The van der Waals surface area contributed by atoms with E-state index < -0.39 is 11.9 Å². The van der Waals surface area contributed by atoms with Crippen LogP contribution in [-0.4, -0.2) is 24.1 Å². The van der Waals surface area contributed by atoms with Crippen molar-refractivity contribution in [2.45, 2.75) is 0 Å². The van der Waals surface area contributed by atoms with Crippen LogP contribution in [-0.2, 0) is 4.74 Å². The van der Waals surface area contributed by atoms with Gasteiger partial charge in [0.1, 0.15) is 0 Å². The maximum atomic E-state index is 12.1. The van der Waals surface area contributed by atoms with E-state index in [-0.39, 0.29) is 5.11 Å². The Bertz CT molecular complexity index is 702. The molecule has 112 valence electrons. The van der Waals surface area contributed by atoms with Gasteiger partial charge in [-0.1, -0.05) is 24.3 Å². The predicted octanol–water partition coefficient (Wildman–Crippen LogP) is 2.60. The fourth-order valence-electron chi connectivity index (χ4n) is 1.76. The van der Waals surface area contributed by atoms with Crippen LogP contribution in [0.3, 0.4) is 0 Å². The molecule has 0 aromatic heterocycles. The zero-order valence-electron chi connectivity index (χ0n) is 11.8. The van der Waals surface area contributed by atoms with Gasteiger partial charge in [0.05, 0.1) is 12.7 Å². The minimum atomic E-state index is -0.500. The Labute approximate surface area is 133 Å². The number of methoxy groups -OCH3 is 1. The van der Waals surface area contributed by atoms with Crippen LogP contribution in [0.2, 0.25) is 0 Å². The first-order valence-electron chi connectivity index (χ1n) is 6.46. The van der Waals surface area contributed by atoms with E-state index in [1.807, 2.05) is 30.3 Å². The number of esters is 1. The SMILES string of the molecule is COC(=O)c1cccc(C(=O)NC(=S)Nc2ccccc2)c1. The number of hydrogen-bond acceptors (Lipinski definition) is 4. The van der Waals surface area contributed by atoms with Crippen LogP contribution < -0.4 is 10.6 Å². The van der Waals surface area contributed by atoms with Gasteiger partial charge in [0.2, 0.25) is 0 Å². The molecule has 2 N–H and O–H groups in total. The van der Waals surface area contributed by atoms with Gasteiger partial charge >= 0.3 is 5.97 Å². The molecular weight excluding hydrogens is 300 g/mol. The van der Waals surface area contributed by atoms with Crippen LogP contribution in [0.5, 0.6) is 0 Å². The molecule has 0 radical (unpaired) electrons. The largest absolute Gasteiger partial charge is 0.465 e. The Morgan fingerprint density at radius 1 is 1.00 bits per heavy atom. The van der Waals surface area contributed by atoms with E-state index in [0.29, 0.717) is 11.1 Å². The van der Waals surface area contributed by atoms with Crippen molar-refractivity contribution < 1.29 is 14.3 Å². The molecule has 0 bridgehead atoms. The fourth-order valence-corrected chi connectivity index (χ4v) is 1.97. The monoisotopic (exact) mass is 314 g/mol. The van der Waals surface area contributed by atoms with Crippen molar-refractivity contribution in [3.05, 3.63) is 65.7 Å². The molecule has 0 spiro atoms. The van der Waals surface area contributed by atoms with Gasteiger partial charge in [-0.25, -0.2) is 4.79 Å². The summed E-state index contributed by atoms with van der Waals surface area (Å²) in [6.45, 7) is 0. The summed E-state index contributed by atoms with van der Waals surface area (Å²) >= 11 is 5.08. The Kier molecular flexibility index (Phi) is 5.21. The molecule has 0 aliphatic carbocycles. The number of nitrogens with one attached hydrogen (secondary N) is 2. The molecule has 2 rings (SSSR count). The Balaban J connectivity index is 2.03. The molecular formula is C16H14N2O3S. The van der Waals surface area contributed by atoms with Crippen molar-refractivity contribution in [3.63, 3.8) is 0 Å². The third-order valence-electron chi connectivity index (χ3n) is 2.80. The van der Waals surface area contributed by atoms with Crippen LogP contribution in [0.4, 0.5) is 5.69 Å². The van der Waals surface area contributed by atoms with Crippen molar-refractivity contribution in [3.8, 4) is 0 Å². The Morgan fingerprint density at radius 3 is 2.36 bits per heavy atom. The van der Waals surface area contributed by atoms with E-state index in [4.69, 9.17) is 12.2 Å². The molecule has 0 unspecified atom stereocenters. The van der Waals surface area contributed by atoms with E-state index in [1.54, 1.807) is 18.2 Å². The number of carbonyl (C=O) groups excluding carboxylic acids is 2. The number of thiocarbonyl (C=S) groups is 1. The van der Waals surface area contributed by atoms with Gasteiger partial charge in [-0.2, -0.15) is 0 Å². The summed E-state index contributed by atoms with van der Waals surface area (Å²) in [7, 11) is 1.29. The second kappa shape index (κ2) is 7.33. The lowest BCUT2D eigenvalue weighted by Gasteiger charge is -2.09. The first-order chi connectivity index (χ1) is 10.6. The maximum absolute atomic E-state index is 12.1. The summed E-state index contributed by atoms with van der Waals surface area (Å²) < 4.78 is 4.62. The topological polar surface area (TPSA) is 67.4 Å². The van der Waals surface area contributed by atoms with Gasteiger partial charge in [-0.05, 0) is 42.5 Å². The number of rotatable bonds is 3. The molecule has 6 heteroatoms. The zero-order chi connectivity index (χ0) is 15.9. The molecule has 22 heavy (non-hydrogen) atoms. The summed E-state index contributed by atoms with van der Waals surface area (Å²) in [4.78, 5) is 23.6. The number of para-hydroxylation sites is 1. The molecule has 1 amide bonds. The maximum Gasteiger partial charge on any atom is 0.337 e. The van der Waals surface area contributed by atoms with Crippen molar-refractivity contribution in [2.24, 2.45) is 0 Å². The van der Waals surface area contributed by atoms with Gasteiger partial charge in [0, 0.05) is 11.3 Å². The van der Waals surface area contributed by atoms with E-state index in [9.17, 15) is 9.59 Å². The fraction of sp³-hybridized carbons (Fsp3) is 0.0625. The lowest BCUT2D eigenvalue weighted by molar-refractivity contribution is 0.0600. The Morgan fingerprint density at radius 2 is 1.68 bits per heavy atom. The number of anilines is 1. The molecule has 2 aromatic rings. The molecule has 0 aliphatic rings. The summed E-state index contributed by atoms with van der Waals surface area (Å²) in [5.74, 6) is -0.904. The molecule has 0 saturated heterocycles. The number of ether oxygens (including phenoxy) is 1. The standard InChI is InChI=1S/C16H14N2O3S/c1-21-15(20)12-7-5-6-11(10-12)14(19)18-16(22)17-13-8-3-2-4-9-13/h2-10H,1H3,(H2,17,18,19,22). The highest BCUT2D eigenvalue weighted by molar-refractivity contribution is 7.80. The lowest BCUT2D eigenvalue weighted by atomic mass is 10.1. The average molecular weight is 314 g/mol. The second-order valence-corrected chi connectivity index (χ2v) is 4.75. The number of hydrogen-bond donors (Lipinski definition) is 2. The smallest absolute Gasteiger partial charge is 0.337 e. The summed E-state index contributed by atoms with van der Waals surface area (Å²) in [5, 5.41) is 5.64. The predicted molar refractivity (Wildman–Crippen MR) is 87.9 cm³/mol. The van der Waals surface area contributed by atoms with Gasteiger partial charge < -0.3 is 10.1 Å². The van der Waals surface area contributed by atoms with Gasteiger partial charge in [-0.15, -0.1) is 0 Å². The van der Waals surface area contributed by atoms with Crippen LogP contribution in [0, 0.1) is 0 Å². The molecule has 0 aliphatic heterocycles. The quantitative estimate of drug-likeness (QED) is 0.673. The Hall–Kier alpha value is -2.73. The highest BCUT2D eigenvalue weighted by atomic mass is 32.1. The summed E-state index contributed by atoms with van der Waals surface area (Å²) in [5.41, 5.74) is 1.40.